The Labute approximate surface area is 117 Å². The van der Waals surface area contributed by atoms with Gasteiger partial charge in [0.2, 0.25) is 0 Å². The number of anilines is 1. The van der Waals surface area contributed by atoms with E-state index >= 15 is 0 Å². The summed E-state index contributed by atoms with van der Waals surface area (Å²) < 4.78 is 0. The van der Waals surface area contributed by atoms with Crippen LogP contribution in [0.1, 0.15) is 19.4 Å². The quantitative estimate of drug-likeness (QED) is 0.742. The summed E-state index contributed by atoms with van der Waals surface area (Å²) in [5, 5.41) is 1.42. The lowest BCUT2D eigenvalue weighted by atomic mass is 10.1. The second-order valence-corrected chi connectivity index (χ2v) is 6.61. The molecule has 0 amide bonds. The Kier molecular flexibility index (Phi) is 4.51. The van der Waals surface area contributed by atoms with E-state index in [0.29, 0.717) is 17.2 Å². The van der Waals surface area contributed by atoms with Crippen molar-refractivity contribution in [3.05, 3.63) is 28.8 Å². The molecule has 0 aliphatic carbocycles. The molecular formula is C13H17Cl2NS. The Balaban J connectivity index is 2.32. The molecule has 1 aromatic rings. The van der Waals surface area contributed by atoms with Gasteiger partial charge in [-0.25, -0.2) is 0 Å². The van der Waals surface area contributed by atoms with Gasteiger partial charge in [0.05, 0.1) is 0 Å². The Hall–Kier alpha value is -0.0500. The lowest BCUT2D eigenvalue weighted by Crippen LogP contribution is -2.45. The molecule has 0 spiro atoms. The van der Waals surface area contributed by atoms with E-state index in [-0.39, 0.29) is 0 Å². The van der Waals surface area contributed by atoms with E-state index in [4.69, 9.17) is 23.2 Å². The third-order valence-electron chi connectivity index (χ3n) is 3.38. The Bertz CT molecular complexity index is 397. The number of thioether (sulfide) groups is 1. The summed E-state index contributed by atoms with van der Waals surface area (Å²) in [6.07, 6.45) is 0. The first-order valence-electron chi connectivity index (χ1n) is 5.86. The molecule has 1 nitrogen and oxygen atoms in total. The lowest BCUT2D eigenvalue weighted by molar-refractivity contribution is 0.626. The molecule has 4 heteroatoms. The summed E-state index contributed by atoms with van der Waals surface area (Å²) in [6, 6.07) is 6.56. The van der Waals surface area contributed by atoms with E-state index < -0.39 is 0 Å². The molecule has 0 radical (unpaired) electrons. The molecule has 0 bridgehead atoms. The van der Waals surface area contributed by atoms with E-state index in [9.17, 15) is 0 Å². The molecule has 0 saturated carbocycles. The van der Waals surface area contributed by atoms with Gasteiger partial charge in [-0.05, 0) is 30.7 Å². The second-order valence-electron chi connectivity index (χ2n) is 4.42. The molecule has 2 atom stereocenters. The number of hydrogen-bond acceptors (Lipinski definition) is 2. The van der Waals surface area contributed by atoms with Gasteiger partial charge >= 0.3 is 0 Å². The average Bonchev–Trinajstić information content (AvgIpc) is 2.33. The van der Waals surface area contributed by atoms with Crippen LogP contribution in [0.5, 0.6) is 0 Å². The highest BCUT2D eigenvalue weighted by Gasteiger charge is 2.26. The Morgan fingerprint density at radius 3 is 2.88 bits per heavy atom. The van der Waals surface area contributed by atoms with Crippen molar-refractivity contribution in [1.29, 1.82) is 0 Å². The zero-order chi connectivity index (χ0) is 12.4. The molecule has 2 rings (SSSR count). The van der Waals surface area contributed by atoms with Crippen molar-refractivity contribution >= 4 is 40.7 Å². The predicted octanol–water partition coefficient (Wildman–Crippen LogP) is 4.41. The number of hydrogen-bond donors (Lipinski definition) is 0. The van der Waals surface area contributed by atoms with Crippen LogP contribution in [0.4, 0.5) is 5.69 Å². The fraction of sp³-hybridized carbons (Fsp3) is 0.538. The van der Waals surface area contributed by atoms with E-state index in [2.05, 4.69) is 24.8 Å². The Morgan fingerprint density at radius 1 is 1.41 bits per heavy atom. The molecule has 2 unspecified atom stereocenters. The largest absolute Gasteiger partial charge is 0.367 e. The summed E-state index contributed by atoms with van der Waals surface area (Å²) >= 11 is 14.1. The van der Waals surface area contributed by atoms with E-state index in [1.54, 1.807) is 0 Å². The van der Waals surface area contributed by atoms with Crippen LogP contribution in [0, 0.1) is 0 Å². The topological polar surface area (TPSA) is 3.24 Å². The zero-order valence-corrected chi connectivity index (χ0v) is 12.4. The molecular weight excluding hydrogens is 273 g/mol. The van der Waals surface area contributed by atoms with Crippen LogP contribution in [-0.4, -0.2) is 23.6 Å². The fourth-order valence-corrected chi connectivity index (χ4v) is 3.72. The van der Waals surface area contributed by atoms with Crippen LogP contribution in [0.2, 0.25) is 5.02 Å². The van der Waals surface area contributed by atoms with Gasteiger partial charge in [0.25, 0.3) is 0 Å². The SMILES string of the molecule is CC1SCCN(c2ccc(Cl)cc2CCl)C1C. The number of halogens is 2. The minimum absolute atomic E-state index is 0.515. The fourth-order valence-electron chi connectivity index (χ4n) is 2.21. The average molecular weight is 290 g/mol. The maximum Gasteiger partial charge on any atom is 0.0495 e. The third kappa shape index (κ3) is 2.86. The van der Waals surface area contributed by atoms with Crippen molar-refractivity contribution in [2.45, 2.75) is 31.0 Å². The van der Waals surface area contributed by atoms with Gasteiger partial charge in [-0.2, -0.15) is 11.8 Å². The van der Waals surface area contributed by atoms with Crippen molar-refractivity contribution < 1.29 is 0 Å². The standard InChI is InChI=1S/C13H17Cl2NS/c1-9-10(2)17-6-5-16(9)13-4-3-12(15)7-11(13)8-14/h3-4,7,9-10H,5-6,8H2,1-2H3. The van der Waals surface area contributed by atoms with Crippen LogP contribution in [0.25, 0.3) is 0 Å². The van der Waals surface area contributed by atoms with Crippen molar-refractivity contribution in [2.75, 3.05) is 17.2 Å². The van der Waals surface area contributed by atoms with E-state index in [1.807, 2.05) is 23.9 Å². The van der Waals surface area contributed by atoms with Gasteiger partial charge in [0, 0.05) is 40.2 Å². The summed E-state index contributed by atoms with van der Waals surface area (Å²) in [5.41, 5.74) is 2.37. The van der Waals surface area contributed by atoms with Crippen molar-refractivity contribution in [1.82, 2.24) is 0 Å². The minimum Gasteiger partial charge on any atom is -0.367 e. The molecule has 94 valence electrons. The number of nitrogens with zero attached hydrogens (tertiary/aromatic N) is 1. The number of benzene rings is 1. The molecule has 1 aliphatic heterocycles. The van der Waals surface area contributed by atoms with Crippen molar-refractivity contribution in [3.8, 4) is 0 Å². The molecule has 1 aliphatic rings. The molecule has 0 aromatic heterocycles. The molecule has 17 heavy (non-hydrogen) atoms. The summed E-state index contributed by atoms with van der Waals surface area (Å²) in [6.45, 7) is 5.66. The van der Waals surface area contributed by atoms with Crippen LogP contribution < -0.4 is 4.90 Å². The molecule has 1 aromatic carbocycles. The molecule has 1 fully saturated rings. The first-order chi connectivity index (χ1) is 8.13. The Morgan fingerprint density at radius 2 is 2.18 bits per heavy atom. The van der Waals surface area contributed by atoms with Crippen LogP contribution >= 0.6 is 35.0 Å². The normalized spacial score (nSPS) is 25.1. The number of rotatable bonds is 2. The van der Waals surface area contributed by atoms with Gasteiger partial charge in [0.1, 0.15) is 0 Å². The lowest BCUT2D eigenvalue weighted by Gasteiger charge is -2.40. The van der Waals surface area contributed by atoms with Crippen molar-refractivity contribution in [2.24, 2.45) is 0 Å². The van der Waals surface area contributed by atoms with Crippen molar-refractivity contribution in [3.63, 3.8) is 0 Å². The molecule has 1 heterocycles. The molecule has 1 saturated heterocycles. The summed E-state index contributed by atoms with van der Waals surface area (Å²) in [7, 11) is 0. The summed E-state index contributed by atoms with van der Waals surface area (Å²) in [4.78, 5) is 2.45. The smallest absolute Gasteiger partial charge is 0.0495 e. The first-order valence-corrected chi connectivity index (χ1v) is 7.82. The van der Waals surface area contributed by atoms with Gasteiger partial charge in [0.15, 0.2) is 0 Å². The second kappa shape index (κ2) is 5.73. The van der Waals surface area contributed by atoms with E-state index in [1.165, 1.54) is 11.4 Å². The zero-order valence-electron chi connectivity index (χ0n) is 10.1. The maximum atomic E-state index is 6.02. The minimum atomic E-state index is 0.515. The monoisotopic (exact) mass is 289 g/mol. The van der Waals surface area contributed by atoms with Crippen LogP contribution in [0.3, 0.4) is 0 Å². The molecule has 0 N–H and O–H groups in total. The first kappa shape index (κ1) is 13.4. The van der Waals surface area contributed by atoms with E-state index in [0.717, 1.165) is 17.1 Å². The third-order valence-corrected chi connectivity index (χ3v) is 5.24. The van der Waals surface area contributed by atoms with Crippen LogP contribution in [-0.2, 0) is 5.88 Å². The van der Waals surface area contributed by atoms with Gasteiger partial charge in [-0.3, -0.25) is 0 Å². The van der Waals surface area contributed by atoms with Gasteiger partial charge in [-0.15, -0.1) is 11.6 Å². The number of alkyl halides is 1. The summed E-state index contributed by atoms with van der Waals surface area (Å²) in [5.74, 6) is 1.69. The highest BCUT2D eigenvalue weighted by molar-refractivity contribution is 8.00. The predicted molar refractivity (Wildman–Crippen MR) is 79.7 cm³/mol. The highest BCUT2D eigenvalue weighted by atomic mass is 35.5. The van der Waals surface area contributed by atoms with Gasteiger partial charge < -0.3 is 4.90 Å². The van der Waals surface area contributed by atoms with Crippen LogP contribution in [0.15, 0.2) is 18.2 Å². The maximum absolute atomic E-state index is 6.02. The highest BCUT2D eigenvalue weighted by Crippen LogP contribution is 2.33. The van der Waals surface area contributed by atoms with Gasteiger partial charge in [-0.1, -0.05) is 18.5 Å².